The topological polar surface area (TPSA) is 39.2 Å². The van der Waals surface area contributed by atoms with Crippen molar-refractivity contribution in [2.24, 2.45) is 0 Å². The van der Waals surface area contributed by atoms with E-state index in [1.54, 1.807) is 6.20 Å². The number of ether oxygens (including phenoxy) is 1. The van der Waals surface area contributed by atoms with Crippen molar-refractivity contribution in [1.29, 1.82) is 0 Å². The maximum Gasteiger partial charge on any atom is 0.303 e. The van der Waals surface area contributed by atoms with E-state index in [-0.39, 0.29) is 5.97 Å². The highest BCUT2D eigenvalue weighted by Gasteiger charge is 2.17. The van der Waals surface area contributed by atoms with Crippen molar-refractivity contribution in [2.45, 2.75) is 20.0 Å². The summed E-state index contributed by atoms with van der Waals surface area (Å²) in [5, 5.41) is 0. The lowest BCUT2D eigenvalue weighted by Crippen LogP contribution is -2.11. The quantitative estimate of drug-likeness (QED) is 0.791. The number of nitrogens with zero attached hydrogens (tertiary/aromatic N) is 1. The van der Waals surface area contributed by atoms with E-state index >= 15 is 0 Å². The van der Waals surface area contributed by atoms with Gasteiger partial charge in [-0.3, -0.25) is 9.78 Å². The van der Waals surface area contributed by atoms with Crippen LogP contribution in [-0.4, -0.2) is 11.0 Å². The highest BCUT2D eigenvalue weighted by molar-refractivity contribution is 5.67. The van der Waals surface area contributed by atoms with Crippen LogP contribution in [0, 0.1) is 0 Å². The van der Waals surface area contributed by atoms with E-state index in [1.165, 1.54) is 6.92 Å². The Labute approximate surface area is 118 Å². The van der Waals surface area contributed by atoms with Crippen LogP contribution in [0.25, 0.3) is 6.08 Å². The van der Waals surface area contributed by atoms with Crippen molar-refractivity contribution in [1.82, 2.24) is 4.98 Å². The number of pyridine rings is 1. The maximum atomic E-state index is 11.3. The Kier molecular flexibility index (Phi) is 4.66. The summed E-state index contributed by atoms with van der Waals surface area (Å²) in [6, 6.07) is 15.5. The second-order valence-corrected chi connectivity index (χ2v) is 4.54. The summed E-state index contributed by atoms with van der Waals surface area (Å²) in [5.41, 5.74) is 2.73. The first-order valence-corrected chi connectivity index (χ1v) is 6.48. The Morgan fingerprint density at radius 1 is 1.10 bits per heavy atom. The molecule has 0 saturated carbocycles. The van der Waals surface area contributed by atoms with E-state index in [2.05, 4.69) is 4.98 Å². The Hall–Kier alpha value is -2.42. The summed E-state index contributed by atoms with van der Waals surface area (Å²) in [4.78, 5) is 15.6. The van der Waals surface area contributed by atoms with Gasteiger partial charge in [0, 0.05) is 13.1 Å². The monoisotopic (exact) mass is 267 g/mol. The second-order valence-electron chi connectivity index (χ2n) is 4.54. The molecule has 0 radical (unpaired) electrons. The Morgan fingerprint density at radius 2 is 1.80 bits per heavy atom. The number of benzene rings is 1. The molecule has 1 heterocycles. The van der Waals surface area contributed by atoms with Crippen molar-refractivity contribution in [2.75, 3.05) is 0 Å². The fourth-order valence-electron chi connectivity index (χ4n) is 1.97. The minimum Gasteiger partial charge on any atom is -0.451 e. The normalized spacial score (nSPS) is 12.8. The lowest BCUT2D eigenvalue weighted by molar-refractivity contribution is -0.145. The highest BCUT2D eigenvalue weighted by Crippen LogP contribution is 2.25. The first kappa shape index (κ1) is 14.0. The van der Waals surface area contributed by atoms with Gasteiger partial charge in [0.1, 0.15) is 0 Å². The molecule has 0 aliphatic carbocycles. The molecule has 0 N–H and O–H groups in total. The van der Waals surface area contributed by atoms with Gasteiger partial charge in [-0.05, 0) is 30.2 Å². The average Bonchev–Trinajstić information content (AvgIpc) is 2.46. The molecule has 0 aliphatic rings. The zero-order chi connectivity index (χ0) is 14.4. The molecule has 0 fully saturated rings. The zero-order valence-electron chi connectivity index (χ0n) is 11.6. The fraction of sp³-hybridized carbons (Fsp3) is 0.176. The van der Waals surface area contributed by atoms with Crippen molar-refractivity contribution in [3.05, 3.63) is 71.6 Å². The molecule has 1 aromatic heterocycles. The number of hydrogen-bond donors (Lipinski definition) is 0. The minimum atomic E-state index is -0.450. The van der Waals surface area contributed by atoms with Crippen LogP contribution < -0.4 is 0 Å². The van der Waals surface area contributed by atoms with Gasteiger partial charge in [0.05, 0.1) is 5.69 Å². The van der Waals surface area contributed by atoms with E-state index in [1.807, 2.05) is 61.5 Å². The first-order valence-electron chi connectivity index (χ1n) is 6.48. The van der Waals surface area contributed by atoms with Gasteiger partial charge in [-0.25, -0.2) is 0 Å². The molecule has 102 valence electrons. The second kappa shape index (κ2) is 6.66. The summed E-state index contributed by atoms with van der Waals surface area (Å²) in [7, 11) is 0. The molecule has 1 atom stereocenters. The van der Waals surface area contributed by atoms with Gasteiger partial charge in [0.15, 0.2) is 6.10 Å². The number of esters is 1. The largest absolute Gasteiger partial charge is 0.451 e. The first-order chi connectivity index (χ1) is 9.66. The van der Waals surface area contributed by atoms with E-state index < -0.39 is 6.10 Å². The molecule has 0 bridgehead atoms. The van der Waals surface area contributed by atoms with Crippen molar-refractivity contribution in [3.63, 3.8) is 0 Å². The molecule has 0 spiro atoms. The van der Waals surface area contributed by atoms with Gasteiger partial charge in [-0.2, -0.15) is 0 Å². The maximum absolute atomic E-state index is 11.3. The van der Waals surface area contributed by atoms with Gasteiger partial charge >= 0.3 is 5.97 Å². The van der Waals surface area contributed by atoms with Gasteiger partial charge in [0.25, 0.3) is 0 Å². The highest BCUT2D eigenvalue weighted by atomic mass is 16.5. The molecule has 3 heteroatoms. The number of carbonyl (C=O) groups excluding carboxylic acids is 1. The Morgan fingerprint density at radius 3 is 2.40 bits per heavy atom. The number of carbonyl (C=O) groups is 1. The van der Waals surface area contributed by atoms with E-state index in [9.17, 15) is 4.79 Å². The molecule has 1 aromatic carbocycles. The van der Waals surface area contributed by atoms with E-state index in [4.69, 9.17) is 4.74 Å². The summed E-state index contributed by atoms with van der Waals surface area (Å²) in [5.74, 6) is -0.318. The van der Waals surface area contributed by atoms with Crippen LogP contribution >= 0.6 is 0 Å². The SMILES string of the molecule is CC(=O)OC(/C(C)=C/c1ccccc1)c1ccccn1. The van der Waals surface area contributed by atoms with Crippen LogP contribution in [0.3, 0.4) is 0 Å². The van der Waals surface area contributed by atoms with Crippen LogP contribution in [0.15, 0.2) is 60.3 Å². The fourth-order valence-corrected chi connectivity index (χ4v) is 1.97. The molecule has 2 rings (SSSR count). The number of rotatable bonds is 4. The standard InChI is InChI=1S/C17H17NO2/c1-13(12-15-8-4-3-5-9-15)17(20-14(2)19)16-10-6-7-11-18-16/h3-12,17H,1-2H3/b13-12+. The molecular weight excluding hydrogens is 250 g/mol. The Balaban J connectivity index is 2.32. The van der Waals surface area contributed by atoms with Crippen LogP contribution in [0.1, 0.15) is 31.2 Å². The van der Waals surface area contributed by atoms with Gasteiger partial charge in [-0.15, -0.1) is 0 Å². The molecule has 2 aromatic rings. The van der Waals surface area contributed by atoms with E-state index in [0.717, 1.165) is 16.8 Å². The van der Waals surface area contributed by atoms with Crippen molar-refractivity contribution in [3.8, 4) is 0 Å². The van der Waals surface area contributed by atoms with Crippen LogP contribution in [0.4, 0.5) is 0 Å². The van der Waals surface area contributed by atoms with Crippen LogP contribution in [0.2, 0.25) is 0 Å². The predicted molar refractivity (Wildman–Crippen MR) is 78.8 cm³/mol. The van der Waals surface area contributed by atoms with Crippen LogP contribution in [-0.2, 0) is 9.53 Å². The third-order valence-corrected chi connectivity index (χ3v) is 2.85. The lowest BCUT2D eigenvalue weighted by atomic mass is 10.0. The van der Waals surface area contributed by atoms with Crippen molar-refractivity contribution < 1.29 is 9.53 Å². The third-order valence-electron chi connectivity index (χ3n) is 2.85. The summed E-state index contributed by atoms with van der Waals surface area (Å²) < 4.78 is 5.40. The minimum absolute atomic E-state index is 0.318. The summed E-state index contributed by atoms with van der Waals surface area (Å²) in [6.07, 6.45) is 3.25. The van der Waals surface area contributed by atoms with Gasteiger partial charge in [0.2, 0.25) is 0 Å². The smallest absolute Gasteiger partial charge is 0.303 e. The Bertz CT molecular complexity index is 591. The molecule has 0 amide bonds. The molecule has 0 aliphatic heterocycles. The molecule has 1 unspecified atom stereocenters. The predicted octanol–water partition coefficient (Wildman–Crippen LogP) is 3.79. The molecule has 3 nitrogen and oxygen atoms in total. The van der Waals surface area contributed by atoms with Gasteiger partial charge < -0.3 is 4.74 Å². The summed E-state index contributed by atoms with van der Waals surface area (Å²) >= 11 is 0. The van der Waals surface area contributed by atoms with Gasteiger partial charge in [-0.1, -0.05) is 42.5 Å². The lowest BCUT2D eigenvalue weighted by Gasteiger charge is -2.17. The third kappa shape index (κ3) is 3.79. The van der Waals surface area contributed by atoms with Crippen LogP contribution in [0.5, 0.6) is 0 Å². The van der Waals surface area contributed by atoms with E-state index in [0.29, 0.717) is 0 Å². The number of hydrogen-bond acceptors (Lipinski definition) is 3. The zero-order valence-corrected chi connectivity index (χ0v) is 11.6. The van der Waals surface area contributed by atoms with Crippen molar-refractivity contribution >= 4 is 12.0 Å². The molecule has 20 heavy (non-hydrogen) atoms. The molecule has 0 saturated heterocycles. The average molecular weight is 267 g/mol. The molecular formula is C17H17NO2. The summed E-state index contributed by atoms with van der Waals surface area (Å²) in [6.45, 7) is 3.35. The number of aromatic nitrogens is 1.